The Kier molecular flexibility index (Phi) is 5.10. The first-order valence-corrected chi connectivity index (χ1v) is 10.4. The molecule has 1 saturated heterocycles. The Morgan fingerprint density at radius 3 is 2.52 bits per heavy atom. The van der Waals surface area contributed by atoms with E-state index in [2.05, 4.69) is 10.2 Å². The van der Waals surface area contributed by atoms with Gasteiger partial charge in [0.2, 0.25) is 10.0 Å². The van der Waals surface area contributed by atoms with Crippen molar-refractivity contribution in [3.63, 3.8) is 0 Å². The smallest absolute Gasteiger partial charge is 0.243 e. The molecule has 9 heteroatoms. The van der Waals surface area contributed by atoms with Crippen molar-refractivity contribution in [2.24, 2.45) is 0 Å². The molecule has 2 aromatic rings. The van der Waals surface area contributed by atoms with E-state index in [1.54, 1.807) is 17.6 Å². The van der Waals surface area contributed by atoms with E-state index < -0.39 is 10.0 Å². The standard InChI is InChI=1S/C14H15N3O3S3/c18-13(9-21-14-16-15-10-22-14)11-3-5-12(6-4-11)23(19,20)17-7-1-2-8-17/h3-6,10H,1-2,7-9H2. The van der Waals surface area contributed by atoms with Crippen LogP contribution in [0.4, 0.5) is 0 Å². The number of benzene rings is 1. The second-order valence-electron chi connectivity index (χ2n) is 5.05. The lowest BCUT2D eigenvalue weighted by atomic mass is 10.1. The number of carbonyl (C=O) groups is 1. The van der Waals surface area contributed by atoms with Gasteiger partial charge in [0, 0.05) is 18.7 Å². The Morgan fingerprint density at radius 2 is 1.91 bits per heavy atom. The van der Waals surface area contributed by atoms with Crippen molar-refractivity contribution >= 4 is 38.9 Å². The summed E-state index contributed by atoms with van der Waals surface area (Å²) in [5.41, 5.74) is 2.12. The Balaban J connectivity index is 1.67. The van der Waals surface area contributed by atoms with Crippen LogP contribution < -0.4 is 0 Å². The number of ketones is 1. The summed E-state index contributed by atoms with van der Waals surface area (Å²) in [6.07, 6.45) is 1.80. The second-order valence-corrected chi connectivity index (χ2v) is 9.05. The van der Waals surface area contributed by atoms with Crippen LogP contribution in [0.25, 0.3) is 0 Å². The van der Waals surface area contributed by atoms with Crippen molar-refractivity contribution in [2.75, 3.05) is 18.8 Å². The highest BCUT2D eigenvalue weighted by Crippen LogP contribution is 2.23. The fourth-order valence-electron chi connectivity index (χ4n) is 2.33. The summed E-state index contributed by atoms with van der Waals surface area (Å²) in [7, 11) is -3.43. The molecule has 1 aromatic heterocycles. The van der Waals surface area contributed by atoms with Gasteiger partial charge in [0.25, 0.3) is 0 Å². The molecule has 6 nitrogen and oxygen atoms in total. The van der Waals surface area contributed by atoms with E-state index in [1.807, 2.05) is 0 Å². The maximum Gasteiger partial charge on any atom is 0.243 e. The average Bonchev–Trinajstić information content (AvgIpc) is 3.26. The van der Waals surface area contributed by atoms with E-state index in [9.17, 15) is 13.2 Å². The number of carbonyl (C=O) groups excluding carboxylic acids is 1. The highest BCUT2D eigenvalue weighted by Gasteiger charge is 2.27. The molecule has 0 bridgehead atoms. The molecule has 1 aliphatic heterocycles. The van der Waals surface area contributed by atoms with Crippen molar-refractivity contribution in [1.29, 1.82) is 0 Å². The van der Waals surface area contributed by atoms with Crippen LogP contribution in [0.15, 0.2) is 39.0 Å². The summed E-state index contributed by atoms with van der Waals surface area (Å²) in [5, 5.41) is 7.58. The number of thioether (sulfide) groups is 1. The molecule has 0 spiro atoms. The van der Waals surface area contributed by atoms with E-state index in [1.165, 1.54) is 39.5 Å². The van der Waals surface area contributed by atoms with Crippen LogP contribution >= 0.6 is 23.1 Å². The van der Waals surface area contributed by atoms with Crippen LogP contribution in [-0.2, 0) is 10.0 Å². The minimum absolute atomic E-state index is 0.0599. The number of hydrogen-bond acceptors (Lipinski definition) is 7. The van der Waals surface area contributed by atoms with Gasteiger partial charge in [-0.25, -0.2) is 8.42 Å². The van der Waals surface area contributed by atoms with Gasteiger partial charge in [0.1, 0.15) is 5.51 Å². The third-order valence-electron chi connectivity index (χ3n) is 3.55. The molecule has 23 heavy (non-hydrogen) atoms. The molecular weight excluding hydrogens is 354 g/mol. The minimum Gasteiger partial charge on any atom is -0.293 e. The number of aromatic nitrogens is 2. The largest absolute Gasteiger partial charge is 0.293 e. The van der Waals surface area contributed by atoms with Crippen LogP contribution in [0.3, 0.4) is 0 Å². The normalized spacial score (nSPS) is 15.8. The summed E-state index contributed by atoms with van der Waals surface area (Å²) in [6, 6.07) is 6.17. The Bertz CT molecular complexity index is 767. The van der Waals surface area contributed by atoms with Crippen molar-refractivity contribution in [3.05, 3.63) is 35.3 Å². The molecule has 0 aliphatic carbocycles. The average molecular weight is 369 g/mol. The van der Waals surface area contributed by atoms with Gasteiger partial charge < -0.3 is 0 Å². The fraction of sp³-hybridized carbons (Fsp3) is 0.357. The summed E-state index contributed by atoms with van der Waals surface area (Å²) in [4.78, 5) is 12.4. The van der Waals surface area contributed by atoms with Crippen molar-refractivity contribution in [3.8, 4) is 0 Å². The van der Waals surface area contributed by atoms with Crippen molar-refractivity contribution < 1.29 is 13.2 Å². The van der Waals surface area contributed by atoms with Crippen LogP contribution in [0, 0.1) is 0 Å². The summed E-state index contributed by atoms with van der Waals surface area (Å²) < 4.78 is 27.1. The molecule has 0 unspecified atom stereocenters. The quantitative estimate of drug-likeness (QED) is 0.574. The number of nitrogens with zero attached hydrogens (tertiary/aromatic N) is 3. The number of hydrogen-bond donors (Lipinski definition) is 0. The van der Waals surface area contributed by atoms with Gasteiger partial charge in [-0.15, -0.1) is 10.2 Å². The number of rotatable bonds is 6. The SMILES string of the molecule is O=C(CSc1nncs1)c1ccc(S(=O)(=O)N2CCCC2)cc1. The molecule has 2 heterocycles. The lowest BCUT2D eigenvalue weighted by molar-refractivity contribution is 0.102. The molecule has 0 N–H and O–H groups in total. The van der Waals surface area contributed by atoms with Gasteiger partial charge in [-0.2, -0.15) is 4.31 Å². The minimum atomic E-state index is -3.43. The Hall–Kier alpha value is -1.29. The summed E-state index contributed by atoms with van der Waals surface area (Å²) in [5.74, 6) is 0.197. The number of Topliss-reactive ketones (excluding diaryl/α,β-unsaturated/α-hetero) is 1. The zero-order valence-corrected chi connectivity index (χ0v) is 14.7. The Morgan fingerprint density at radius 1 is 1.22 bits per heavy atom. The van der Waals surface area contributed by atoms with Crippen LogP contribution in [0.1, 0.15) is 23.2 Å². The zero-order valence-electron chi connectivity index (χ0n) is 12.2. The van der Waals surface area contributed by atoms with Gasteiger partial charge >= 0.3 is 0 Å². The molecule has 0 atom stereocenters. The highest BCUT2D eigenvalue weighted by atomic mass is 32.2. The molecule has 122 valence electrons. The van der Waals surface area contributed by atoms with Crippen molar-refractivity contribution in [2.45, 2.75) is 22.1 Å². The molecule has 1 aromatic carbocycles. The van der Waals surface area contributed by atoms with E-state index in [0.717, 1.165) is 17.2 Å². The van der Waals surface area contributed by atoms with Crippen LogP contribution in [0.2, 0.25) is 0 Å². The lowest BCUT2D eigenvalue weighted by Crippen LogP contribution is -2.27. The van der Waals surface area contributed by atoms with Crippen LogP contribution in [-0.4, -0.2) is 47.5 Å². The number of sulfonamides is 1. The summed E-state index contributed by atoms with van der Waals surface area (Å²) in [6.45, 7) is 1.14. The maximum absolute atomic E-state index is 12.4. The van der Waals surface area contributed by atoms with Crippen LogP contribution in [0.5, 0.6) is 0 Å². The molecule has 0 saturated carbocycles. The van der Waals surface area contributed by atoms with Gasteiger partial charge in [-0.05, 0) is 25.0 Å². The van der Waals surface area contributed by atoms with E-state index in [-0.39, 0.29) is 16.4 Å². The molecule has 3 rings (SSSR count). The van der Waals surface area contributed by atoms with Gasteiger partial charge in [-0.1, -0.05) is 35.2 Å². The monoisotopic (exact) mass is 369 g/mol. The van der Waals surface area contributed by atoms with Gasteiger partial charge in [0.15, 0.2) is 10.1 Å². The zero-order chi connectivity index (χ0) is 16.3. The highest BCUT2D eigenvalue weighted by molar-refractivity contribution is 8.01. The lowest BCUT2D eigenvalue weighted by Gasteiger charge is -2.15. The first-order valence-electron chi connectivity index (χ1n) is 7.10. The first-order chi connectivity index (χ1) is 11.1. The third kappa shape index (κ3) is 3.79. The second kappa shape index (κ2) is 7.08. The Labute approximate surface area is 143 Å². The predicted octanol–water partition coefficient (Wildman–Crippen LogP) is 2.30. The topological polar surface area (TPSA) is 80.2 Å². The first kappa shape index (κ1) is 16.6. The van der Waals surface area contributed by atoms with Gasteiger partial charge in [-0.3, -0.25) is 4.79 Å². The molecule has 0 amide bonds. The fourth-order valence-corrected chi connectivity index (χ4v) is 5.23. The van der Waals surface area contributed by atoms with Crippen molar-refractivity contribution in [1.82, 2.24) is 14.5 Å². The summed E-state index contributed by atoms with van der Waals surface area (Å²) >= 11 is 2.71. The molecule has 1 fully saturated rings. The molecule has 1 aliphatic rings. The van der Waals surface area contributed by atoms with E-state index in [4.69, 9.17) is 0 Å². The molecular formula is C14H15N3O3S3. The molecule has 0 radical (unpaired) electrons. The van der Waals surface area contributed by atoms with Gasteiger partial charge in [0.05, 0.1) is 10.6 Å². The van der Waals surface area contributed by atoms with E-state index >= 15 is 0 Å². The predicted molar refractivity (Wildman–Crippen MR) is 89.4 cm³/mol. The third-order valence-corrected chi connectivity index (χ3v) is 7.32. The maximum atomic E-state index is 12.4. The van der Waals surface area contributed by atoms with E-state index in [0.29, 0.717) is 18.7 Å².